The highest BCUT2D eigenvalue weighted by Crippen LogP contribution is 2.34. The highest BCUT2D eigenvalue weighted by atomic mass is 16.5. The van der Waals surface area contributed by atoms with E-state index in [1.807, 2.05) is 36.8 Å². The molecule has 4 aromatic rings. The third kappa shape index (κ3) is 2.83. The summed E-state index contributed by atoms with van der Waals surface area (Å²) >= 11 is 0. The number of ether oxygens (including phenoxy) is 1. The Balaban J connectivity index is 1.77. The van der Waals surface area contributed by atoms with Crippen molar-refractivity contribution >= 4 is 21.9 Å². The Hall–Kier alpha value is -3.24. The van der Waals surface area contributed by atoms with Crippen molar-refractivity contribution in [3.05, 3.63) is 53.7 Å². The number of nitriles is 1. The molecular weight excluding hydrogens is 352 g/mol. The van der Waals surface area contributed by atoms with Gasteiger partial charge in [-0.25, -0.2) is 4.98 Å². The zero-order valence-corrected chi connectivity index (χ0v) is 15.6. The topological polar surface area (TPSA) is 92.4 Å². The van der Waals surface area contributed by atoms with Gasteiger partial charge in [-0.15, -0.1) is 0 Å². The number of hydrogen-bond acceptors (Lipinski definition) is 5. The van der Waals surface area contributed by atoms with Crippen LogP contribution >= 0.6 is 0 Å². The molecule has 4 heterocycles. The van der Waals surface area contributed by atoms with E-state index in [1.54, 1.807) is 0 Å². The molecule has 0 spiro atoms. The summed E-state index contributed by atoms with van der Waals surface area (Å²) in [7, 11) is 0. The van der Waals surface area contributed by atoms with Crippen molar-refractivity contribution in [2.75, 3.05) is 6.61 Å². The normalized spacial score (nSPS) is 19.9. The number of aromatic nitrogens is 5. The largest absolute Gasteiger partial charge is 0.378 e. The van der Waals surface area contributed by atoms with Gasteiger partial charge in [0, 0.05) is 30.7 Å². The lowest BCUT2D eigenvalue weighted by molar-refractivity contribution is 0.00631. The molecule has 1 saturated heterocycles. The first-order valence-electron chi connectivity index (χ1n) is 9.52. The Morgan fingerprint density at radius 1 is 1.32 bits per heavy atom. The number of H-pyrrole nitrogens is 1. The van der Waals surface area contributed by atoms with Gasteiger partial charge in [-0.2, -0.15) is 10.4 Å². The van der Waals surface area contributed by atoms with Crippen LogP contribution in [-0.2, 0) is 11.2 Å². The standard InChI is InChI=1S/C21H20N6O/c1-13-6-16(4-5-28-13)27-20(8-15-10-24-25-11-15)26-19-12-23-18-3-2-14(9-22)7-17(18)21(19)27/h2-3,7,10-13,16H,4-6,8H2,1H3,(H,24,25)/t13-,16-/m1/s1. The molecule has 0 aliphatic carbocycles. The molecule has 1 fully saturated rings. The van der Waals surface area contributed by atoms with Crippen molar-refractivity contribution in [2.24, 2.45) is 0 Å². The summed E-state index contributed by atoms with van der Waals surface area (Å²) in [6.45, 7) is 2.86. The summed E-state index contributed by atoms with van der Waals surface area (Å²) in [6, 6.07) is 8.19. The first-order valence-corrected chi connectivity index (χ1v) is 9.52. The summed E-state index contributed by atoms with van der Waals surface area (Å²) in [5, 5.41) is 17.3. The van der Waals surface area contributed by atoms with E-state index in [0.29, 0.717) is 18.0 Å². The van der Waals surface area contributed by atoms with Crippen LogP contribution in [0.4, 0.5) is 0 Å². The quantitative estimate of drug-likeness (QED) is 0.594. The average molecular weight is 372 g/mol. The summed E-state index contributed by atoms with van der Waals surface area (Å²) in [4.78, 5) is 9.50. The van der Waals surface area contributed by atoms with Crippen molar-refractivity contribution in [3.8, 4) is 6.07 Å². The number of hydrogen-bond donors (Lipinski definition) is 1. The average Bonchev–Trinajstić information content (AvgIpc) is 3.35. The molecule has 0 amide bonds. The zero-order chi connectivity index (χ0) is 19.1. The maximum absolute atomic E-state index is 9.38. The molecule has 0 saturated carbocycles. The number of fused-ring (bicyclic) bond motifs is 3. The van der Waals surface area contributed by atoms with Gasteiger partial charge in [-0.05, 0) is 43.5 Å². The Morgan fingerprint density at radius 3 is 3.04 bits per heavy atom. The number of nitrogens with zero attached hydrogens (tertiary/aromatic N) is 5. The Labute approximate surface area is 162 Å². The molecule has 0 bridgehead atoms. The molecule has 140 valence electrons. The van der Waals surface area contributed by atoms with Gasteiger partial charge in [0.2, 0.25) is 0 Å². The summed E-state index contributed by atoms with van der Waals surface area (Å²) in [6.07, 6.45) is 8.35. The molecule has 2 atom stereocenters. The number of aromatic amines is 1. The van der Waals surface area contributed by atoms with Crippen LogP contribution in [0.15, 0.2) is 36.8 Å². The first kappa shape index (κ1) is 16.9. The predicted molar refractivity (Wildman–Crippen MR) is 105 cm³/mol. The minimum Gasteiger partial charge on any atom is -0.378 e. The van der Waals surface area contributed by atoms with Crippen molar-refractivity contribution < 1.29 is 4.74 Å². The van der Waals surface area contributed by atoms with E-state index in [4.69, 9.17) is 9.72 Å². The second-order valence-corrected chi connectivity index (χ2v) is 7.38. The summed E-state index contributed by atoms with van der Waals surface area (Å²) in [5.74, 6) is 0.993. The second-order valence-electron chi connectivity index (χ2n) is 7.38. The van der Waals surface area contributed by atoms with Crippen molar-refractivity contribution in [3.63, 3.8) is 0 Å². The van der Waals surface area contributed by atoms with E-state index in [1.165, 1.54) is 0 Å². The van der Waals surface area contributed by atoms with Gasteiger partial charge in [0.25, 0.3) is 0 Å². The van der Waals surface area contributed by atoms with Gasteiger partial charge >= 0.3 is 0 Å². The molecule has 28 heavy (non-hydrogen) atoms. The Kier molecular flexibility index (Phi) is 4.06. The van der Waals surface area contributed by atoms with Crippen LogP contribution in [0.25, 0.3) is 21.9 Å². The highest BCUT2D eigenvalue weighted by Gasteiger charge is 2.26. The van der Waals surface area contributed by atoms with Gasteiger partial charge in [0.05, 0.1) is 41.2 Å². The maximum atomic E-state index is 9.38. The van der Waals surface area contributed by atoms with E-state index in [-0.39, 0.29) is 6.10 Å². The van der Waals surface area contributed by atoms with Gasteiger partial charge < -0.3 is 9.30 Å². The predicted octanol–water partition coefficient (Wildman–Crippen LogP) is 3.51. The van der Waals surface area contributed by atoms with E-state index in [2.05, 4.69) is 32.7 Å². The monoisotopic (exact) mass is 372 g/mol. The number of benzene rings is 1. The maximum Gasteiger partial charge on any atom is 0.114 e. The van der Waals surface area contributed by atoms with Crippen LogP contribution in [0.1, 0.15) is 42.8 Å². The fourth-order valence-corrected chi connectivity index (χ4v) is 4.18. The minimum absolute atomic E-state index is 0.209. The van der Waals surface area contributed by atoms with Crippen molar-refractivity contribution in [1.82, 2.24) is 24.7 Å². The molecule has 1 N–H and O–H groups in total. The van der Waals surface area contributed by atoms with E-state index >= 15 is 0 Å². The van der Waals surface area contributed by atoms with Crippen LogP contribution in [-0.4, -0.2) is 37.4 Å². The van der Waals surface area contributed by atoms with Gasteiger partial charge in [-0.3, -0.25) is 10.1 Å². The molecule has 1 aliphatic heterocycles. The molecule has 0 radical (unpaired) electrons. The highest BCUT2D eigenvalue weighted by molar-refractivity contribution is 6.02. The SMILES string of the molecule is C[C@@H]1C[C@H](n2c(Cc3cn[nH]c3)nc3cnc4ccc(C#N)cc4c32)CCO1. The number of nitrogens with one attached hydrogen (secondary N) is 1. The summed E-state index contributed by atoms with van der Waals surface area (Å²) < 4.78 is 8.14. The lowest BCUT2D eigenvalue weighted by Crippen LogP contribution is -2.26. The van der Waals surface area contributed by atoms with Gasteiger partial charge in [0.15, 0.2) is 0 Å². The third-order valence-electron chi connectivity index (χ3n) is 5.46. The lowest BCUT2D eigenvalue weighted by atomic mass is 10.0. The lowest BCUT2D eigenvalue weighted by Gasteiger charge is -2.30. The smallest absolute Gasteiger partial charge is 0.114 e. The number of rotatable bonds is 3. The van der Waals surface area contributed by atoms with Gasteiger partial charge in [0.1, 0.15) is 11.3 Å². The molecule has 7 heteroatoms. The van der Waals surface area contributed by atoms with E-state index in [9.17, 15) is 5.26 Å². The first-order chi connectivity index (χ1) is 13.7. The molecule has 7 nitrogen and oxygen atoms in total. The fraction of sp³-hybridized carbons (Fsp3) is 0.333. The molecular formula is C21H20N6O. The van der Waals surface area contributed by atoms with Crippen LogP contribution in [0.3, 0.4) is 0 Å². The molecule has 0 unspecified atom stereocenters. The zero-order valence-electron chi connectivity index (χ0n) is 15.6. The summed E-state index contributed by atoms with van der Waals surface area (Å²) in [5.41, 5.74) is 4.51. The fourth-order valence-electron chi connectivity index (χ4n) is 4.18. The Bertz CT molecular complexity index is 1190. The van der Waals surface area contributed by atoms with Crippen molar-refractivity contribution in [2.45, 2.75) is 38.3 Å². The van der Waals surface area contributed by atoms with Crippen LogP contribution < -0.4 is 0 Å². The van der Waals surface area contributed by atoms with Crippen LogP contribution in [0, 0.1) is 11.3 Å². The molecule has 5 rings (SSSR count). The number of imidazole rings is 1. The van der Waals surface area contributed by atoms with Crippen LogP contribution in [0.5, 0.6) is 0 Å². The molecule has 1 aliphatic rings. The minimum atomic E-state index is 0.209. The Morgan fingerprint density at radius 2 is 2.25 bits per heavy atom. The number of pyridine rings is 1. The van der Waals surface area contributed by atoms with E-state index in [0.717, 1.165) is 52.8 Å². The van der Waals surface area contributed by atoms with Crippen molar-refractivity contribution in [1.29, 1.82) is 5.26 Å². The van der Waals surface area contributed by atoms with Gasteiger partial charge in [-0.1, -0.05) is 0 Å². The van der Waals surface area contributed by atoms with Crippen LogP contribution in [0.2, 0.25) is 0 Å². The third-order valence-corrected chi connectivity index (χ3v) is 5.46. The molecule has 3 aromatic heterocycles. The molecule has 1 aromatic carbocycles. The second kappa shape index (κ2) is 6.73. The van der Waals surface area contributed by atoms with E-state index < -0.39 is 0 Å².